The molecule has 0 saturated heterocycles. The number of benzene rings is 1. The number of aromatic amines is 1. The second-order valence-corrected chi connectivity index (χ2v) is 7.40. The first kappa shape index (κ1) is 18.2. The number of nitro benzene ring substituents is 1. The van der Waals surface area contributed by atoms with Crippen molar-refractivity contribution >= 4 is 29.2 Å². The number of thioether (sulfide) groups is 1. The minimum atomic E-state index is -0.464. The number of nitro groups is 1. The molecule has 1 aliphatic heterocycles. The number of hydrogen-bond donors (Lipinski definition) is 2. The van der Waals surface area contributed by atoms with E-state index in [0.717, 1.165) is 12.8 Å². The number of fused-ring (bicyclic) bond motifs is 1. The van der Waals surface area contributed by atoms with Gasteiger partial charge in [-0.2, -0.15) is 0 Å². The summed E-state index contributed by atoms with van der Waals surface area (Å²) in [4.78, 5) is 35.5. The number of rotatable bonds is 5. The van der Waals surface area contributed by atoms with E-state index in [1.165, 1.54) is 23.9 Å². The third-order valence-corrected chi connectivity index (χ3v) is 5.66. The van der Waals surface area contributed by atoms with Crippen molar-refractivity contribution in [2.24, 2.45) is 0 Å². The molecule has 0 fully saturated rings. The summed E-state index contributed by atoms with van der Waals surface area (Å²) in [5.74, 6) is 0.437. The monoisotopic (exact) mass is 376 g/mol. The van der Waals surface area contributed by atoms with Crippen molar-refractivity contribution in [3.05, 3.63) is 55.9 Å². The highest BCUT2D eigenvalue weighted by Crippen LogP contribution is 2.41. The minimum absolute atomic E-state index is 0.0191. The van der Waals surface area contributed by atoms with Crippen LogP contribution in [0.25, 0.3) is 0 Å². The van der Waals surface area contributed by atoms with E-state index in [9.17, 15) is 19.7 Å². The lowest BCUT2D eigenvalue weighted by Crippen LogP contribution is -2.18. The number of H-pyrrole nitrogens is 1. The summed E-state index contributed by atoms with van der Waals surface area (Å²) >= 11 is 1.29. The van der Waals surface area contributed by atoms with Gasteiger partial charge in [-0.1, -0.05) is 25.5 Å². The Kier molecular flexibility index (Phi) is 5.17. The Morgan fingerprint density at radius 1 is 1.42 bits per heavy atom. The molecule has 2 atom stereocenters. The molecule has 3 rings (SSSR count). The maximum Gasteiger partial charge on any atom is 0.270 e. The summed E-state index contributed by atoms with van der Waals surface area (Å²) in [6.45, 7) is 4.03. The Morgan fingerprint density at radius 2 is 2.19 bits per heavy atom. The fourth-order valence-electron chi connectivity index (χ4n) is 3.19. The molecule has 0 radical (unpaired) electrons. The average molecular weight is 376 g/mol. The standard InChI is InChI=1S/C17H20N4O4S/c1-3-5-10(2)20-16-14(17(23)19-20)15(26-9-13(22)18-16)11-6-4-7-12(8-11)21(24)25/h4,6-8,10,15H,3,5,9H2,1-2H3,(H,18,22)(H,19,23)/t10-,15-/m1/s1. The lowest BCUT2D eigenvalue weighted by Gasteiger charge is -2.17. The van der Waals surface area contributed by atoms with Crippen LogP contribution in [-0.4, -0.2) is 26.4 Å². The maximum absolute atomic E-state index is 12.7. The SMILES string of the molecule is CCC[C@@H](C)n1[nH]c(=O)c2c1NC(=O)CS[C@@H]2c1cccc([N+](=O)[O-])c1. The number of aromatic nitrogens is 2. The molecule has 26 heavy (non-hydrogen) atoms. The Bertz CT molecular complexity index is 904. The fourth-order valence-corrected chi connectivity index (χ4v) is 4.30. The van der Waals surface area contributed by atoms with Crippen LogP contribution >= 0.6 is 11.8 Å². The smallest absolute Gasteiger partial charge is 0.270 e. The first-order valence-electron chi connectivity index (χ1n) is 8.42. The van der Waals surface area contributed by atoms with Gasteiger partial charge in [0, 0.05) is 18.2 Å². The summed E-state index contributed by atoms with van der Waals surface area (Å²) in [7, 11) is 0. The van der Waals surface area contributed by atoms with E-state index in [1.54, 1.807) is 16.8 Å². The molecule has 138 valence electrons. The van der Waals surface area contributed by atoms with E-state index >= 15 is 0 Å². The van der Waals surface area contributed by atoms with Crippen LogP contribution in [0.1, 0.15) is 49.1 Å². The van der Waals surface area contributed by atoms with Crippen LogP contribution in [0, 0.1) is 10.1 Å². The Morgan fingerprint density at radius 3 is 2.88 bits per heavy atom. The topological polar surface area (TPSA) is 110 Å². The molecule has 2 N–H and O–H groups in total. The maximum atomic E-state index is 12.7. The minimum Gasteiger partial charge on any atom is -0.310 e. The molecule has 1 amide bonds. The lowest BCUT2D eigenvalue weighted by atomic mass is 10.1. The third-order valence-electron chi connectivity index (χ3n) is 4.39. The number of nitrogens with zero attached hydrogens (tertiary/aromatic N) is 2. The zero-order valence-electron chi connectivity index (χ0n) is 14.5. The van der Waals surface area contributed by atoms with Crippen molar-refractivity contribution in [1.29, 1.82) is 0 Å². The molecule has 0 saturated carbocycles. The molecule has 1 aromatic carbocycles. The molecule has 2 heterocycles. The van der Waals surface area contributed by atoms with Crippen LogP contribution < -0.4 is 10.9 Å². The normalized spacial score (nSPS) is 17.9. The summed E-state index contributed by atoms with van der Waals surface area (Å²) in [5.41, 5.74) is 0.746. The van der Waals surface area contributed by atoms with Crippen LogP contribution in [0.2, 0.25) is 0 Å². The zero-order chi connectivity index (χ0) is 18.8. The molecule has 0 unspecified atom stereocenters. The Labute approximate surface area is 154 Å². The van der Waals surface area contributed by atoms with E-state index in [-0.39, 0.29) is 28.9 Å². The van der Waals surface area contributed by atoms with Crippen LogP contribution in [0.4, 0.5) is 11.5 Å². The van der Waals surface area contributed by atoms with Crippen LogP contribution in [-0.2, 0) is 4.79 Å². The first-order chi connectivity index (χ1) is 12.4. The molecule has 9 heteroatoms. The highest BCUT2D eigenvalue weighted by Gasteiger charge is 2.31. The lowest BCUT2D eigenvalue weighted by molar-refractivity contribution is -0.384. The molecular formula is C17H20N4O4S. The van der Waals surface area contributed by atoms with Gasteiger partial charge in [-0.3, -0.25) is 29.5 Å². The van der Waals surface area contributed by atoms with Gasteiger partial charge in [-0.15, -0.1) is 11.8 Å². The molecule has 1 aromatic heterocycles. The van der Waals surface area contributed by atoms with E-state index in [0.29, 0.717) is 16.9 Å². The van der Waals surface area contributed by atoms with E-state index in [1.807, 2.05) is 6.92 Å². The number of hydrogen-bond acceptors (Lipinski definition) is 5. The van der Waals surface area contributed by atoms with Crippen molar-refractivity contribution in [1.82, 2.24) is 9.78 Å². The third kappa shape index (κ3) is 3.39. The predicted octanol–water partition coefficient (Wildman–Crippen LogP) is 3.22. The number of non-ortho nitro benzene ring substituents is 1. The molecule has 2 aromatic rings. The number of anilines is 1. The van der Waals surface area contributed by atoms with Crippen LogP contribution in [0.5, 0.6) is 0 Å². The Balaban J connectivity index is 2.13. The molecule has 0 spiro atoms. The second kappa shape index (κ2) is 7.36. The van der Waals surface area contributed by atoms with Crippen LogP contribution in [0.3, 0.4) is 0 Å². The summed E-state index contributed by atoms with van der Waals surface area (Å²) in [6, 6.07) is 6.23. The molecule has 0 bridgehead atoms. The van der Waals surface area contributed by atoms with E-state index < -0.39 is 10.2 Å². The molecule has 1 aliphatic rings. The molecule has 8 nitrogen and oxygen atoms in total. The summed E-state index contributed by atoms with van der Waals surface area (Å²) in [5, 5.41) is 16.3. The van der Waals surface area contributed by atoms with E-state index in [4.69, 9.17) is 0 Å². The summed E-state index contributed by atoms with van der Waals surface area (Å²) in [6.07, 6.45) is 1.79. The van der Waals surface area contributed by atoms with Crippen molar-refractivity contribution < 1.29 is 9.72 Å². The van der Waals surface area contributed by atoms with Crippen molar-refractivity contribution in [2.75, 3.05) is 11.1 Å². The molecular weight excluding hydrogens is 356 g/mol. The average Bonchev–Trinajstić information content (AvgIpc) is 2.82. The van der Waals surface area contributed by atoms with Gasteiger partial charge in [-0.05, 0) is 18.9 Å². The second-order valence-electron chi connectivity index (χ2n) is 6.30. The van der Waals surface area contributed by atoms with E-state index in [2.05, 4.69) is 17.3 Å². The highest BCUT2D eigenvalue weighted by atomic mass is 32.2. The van der Waals surface area contributed by atoms with Crippen molar-refractivity contribution in [3.8, 4) is 0 Å². The van der Waals surface area contributed by atoms with Gasteiger partial charge >= 0.3 is 0 Å². The Hall–Kier alpha value is -2.55. The quantitative estimate of drug-likeness (QED) is 0.615. The predicted molar refractivity (Wildman–Crippen MR) is 101 cm³/mol. The van der Waals surface area contributed by atoms with Crippen molar-refractivity contribution in [2.45, 2.75) is 38.0 Å². The zero-order valence-corrected chi connectivity index (χ0v) is 15.3. The van der Waals surface area contributed by atoms with Crippen LogP contribution in [0.15, 0.2) is 29.1 Å². The van der Waals surface area contributed by atoms with Gasteiger partial charge in [-0.25, -0.2) is 0 Å². The van der Waals surface area contributed by atoms with Gasteiger partial charge < -0.3 is 5.32 Å². The highest BCUT2D eigenvalue weighted by molar-refractivity contribution is 8.00. The van der Waals surface area contributed by atoms with Gasteiger partial charge in [0.1, 0.15) is 5.82 Å². The van der Waals surface area contributed by atoms with Gasteiger partial charge in [0.2, 0.25) is 5.91 Å². The van der Waals surface area contributed by atoms with Gasteiger partial charge in [0.15, 0.2) is 0 Å². The summed E-state index contributed by atoms with van der Waals surface area (Å²) < 4.78 is 1.70. The number of amides is 1. The fraction of sp³-hybridized carbons (Fsp3) is 0.412. The molecule has 0 aliphatic carbocycles. The number of carbonyl (C=O) groups excluding carboxylic acids is 1. The number of carbonyl (C=O) groups is 1. The number of nitrogens with one attached hydrogen (secondary N) is 2. The largest absolute Gasteiger partial charge is 0.310 e. The first-order valence-corrected chi connectivity index (χ1v) is 9.47. The van der Waals surface area contributed by atoms with Gasteiger partial charge in [0.25, 0.3) is 11.2 Å². The van der Waals surface area contributed by atoms with Gasteiger partial charge in [0.05, 0.1) is 21.5 Å². The van der Waals surface area contributed by atoms with Crippen molar-refractivity contribution in [3.63, 3.8) is 0 Å².